The number of nitrogens with zero attached hydrogens (tertiary/aromatic N) is 4. The van der Waals surface area contributed by atoms with Crippen molar-refractivity contribution < 1.29 is 4.79 Å². The van der Waals surface area contributed by atoms with Crippen LogP contribution in [0.5, 0.6) is 0 Å². The number of hydrogen-bond donors (Lipinski definition) is 1. The van der Waals surface area contributed by atoms with E-state index in [1.165, 1.54) is 0 Å². The first-order valence-corrected chi connectivity index (χ1v) is 9.81. The fraction of sp³-hybridized carbons (Fsp3) is 0.421. The van der Waals surface area contributed by atoms with Crippen LogP contribution in [0, 0.1) is 0 Å². The highest BCUT2D eigenvalue weighted by Gasteiger charge is 2.28. The number of carbonyl (C=O) groups is 1. The topological polar surface area (TPSA) is 65.1 Å². The van der Waals surface area contributed by atoms with E-state index in [0.29, 0.717) is 12.2 Å². The van der Waals surface area contributed by atoms with Crippen molar-refractivity contribution in [1.82, 2.24) is 24.8 Å². The molecule has 136 valence electrons. The molecule has 1 aliphatic heterocycles. The minimum Gasteiger partial charge on any atom is -0.342 e. The Morgan fingerprint density at radius 2 is 2.19 bits per heavy atom. The normalized spacial score (nSPS) is 18.0. The Bertz CT molecular complexity index is 882. The molecule has 1 aromatic carbocycles. The highest BCUT2D eigenvalue weighted by molar-refractivity contribution is 7.09. The van der Waals surface area contributed by atoms with E-state index in [9.17, 15) is 4.79 Å². The number of benzene rings is 1. The first-order valence-electron chi connectivity index (χ1n) is 8.93. The fourth-order valence-corrected chi connectivity index (χ4v) is 4.35. The van der Waals surface area contributed by atoms with Gasteiger partial charge in [0.05, 0.1) is 11.0 Å². The second kappa shape index (κ2) is 7.17. The van der Waals surface area contributed by atoms with Crippen LogP contribution in [0.3, 0.4) is 0 Å². The molecule has 1 amide bonds. The van der Waals surface area contributed by atoms with Crippen LogP contribution in [0.4, 0.5) is 0 Å². The van der Waals surface area contributed by atoms with Crippen LogP contribution >= 0.6 is 11.3 Å². The van der Waals surface area contributed by atoms with E-state index >= 15 is 0 Å². The Labute approximate surface area is 156 Å². The van der Waals surface area contributed by atoms with Gasteiger partial charge in [-0.2, -0.15) is 0 Å². The number of fused-ring (bicyclic) bond motifs is 1. The molecular formula is C19H23N5OS. The second-order valence-corrected chi connectivity index (χ2v) is 8.04. The molecule has 1 unspecified atom stereocenters. The SMILES string of the molecule is CN(C)Cc1nc(C(=O)N2CCCC(c3nc4ccccc4[nH]3)C2)cs1. The van der Waals surface area contributed by atoms with E-state index < -0.39 is 0 Å². The molecule has 6 nitrogen and oxygen atoms in total. The van der Waals surface area contributed by atoms with Gasteiger partial charge in [-0.1, -0.05) is 12.1 Å². The predicted molar refractivity (Wildman–Crippen MR) is 103 cm³/mol. The van der Waals surface area contributed by atoms with Crippen LogP contribution in [-0.4, -0.2) is 57.8 Å². The van der Waals surface area contributed by atoms with Crippen molar-refractivity contribution in [2.24, 2.45) is 0 Å². The Hall–Kier alpha value is -2.25. The summed E-state index contributed by atoms with van der Waals surface area (Å²) in [6, 6.07) is 8.06. The molecule has 1 atom stereocenters. The number of nitrogens with one attached hydrogen (secondary N) is 1. The van der Waals surface area contributed by atoms with Gasteiger partial charge < -0.3 is 14.8 Å². The number of likely N-dealkylation sites (tertiary alicyclic amines) is 1. The third-order valence-electron chi connectivity index (χ3n) is 4.73. The molecule has 1 aliphatic rings. The number of amides is 1. The molecule has 1 N–H and O–H groups in total. The number of para-hydroxylation sites is 2. The van der Waals surface area contributed by atoms with Crippen LogP contribution < -0.4 is 0 Å². The summed E-state index contributed by atoms with van der Waals surface area (Å²) in [7, 11) is 4.01. The fourth-order valence-electron chi connectivity index (χ4n) is 3.46. The third kappa shape index (κ3) is 3.50. The van der Waals surface area contributed by atoms with Gasteiger partial charge in [-0.05, 0) is 39.1 Å². The molecule has 1 saturated heterocycles. The van der Waals surface area contributed by atoms with Crippen molar-refractivity contribution in [3.8, 4) is 0 Å². The molecule has 0 saturated carbocycles. The molecular weight excluding hydrogens is 346 g/mol. The summed E-state index contributed by atoms with van der Waals surface area (Å²) >= 11 is 1.55. The van der Waals surface area contributed by atoms with Gasteiger partial charge in [0, 0.05) is 30.9 Å². The number of hydrogen-bond acceptors (Lipinski definition) is 5. The van der Waals surface area contributed by atoms with Crippen LogP contribution in [-0.2, 0) is 6.54 Å². The number of rotatable bonds is 4. The number of aromatic nitrogens is 3. The predicted octanol–water partition coefficient (Wildman–Crippen LogP) is 3.10. The van der Waals surface area contributed by atoms with E-state index in [1.54, 1.807) is 11.3 Å². The quantitative estimate of drug-likeness (QED) is 0.767. The van der Waals surface area contributed by atoms with Crippen LogP contribution in [0.2, 0.25) is 0 Å². The minimum absolute atomic E-state index is 0.0343. The summed E-state index contributed by atoms with van der Waals surface area (Å²) in [5.74, 6) is 1.27. The van der Waals surface area contributed by atoms with E-state index in [1.807, 2.05) is 48.6 Å². The molecule has 4 rings (SSSR count). The lowest BCUT2D eigenvalue weighted by atomic mass is 9.97. The molecule has 3 heterocycles. The summed E-state index contributed by atoms with van der Waals surface area (Å²) in [5, 5.41) is 2.86. The van der Waals surface area contributed by atoms with Crippen LogP contribution in [0.15, 0.2) is 29.6 Å². The highest BCUT2D eigenvalue weighted by atomic mass is 32.1. The highest BCUT2D eigenvalue weighted by Crippen LogP contribution is 2.27. The van der Waals surface area contributed by atoms with Gasteiger partial charge in [0.25, 0.3) is 5.91 Å². The molecule has 1 fully saturated rings. The van der Waals surface area contributed by atoms with Crippen molar-refractivity contribution >= 4 is 28.3 Å². The number of H-pyrrole nitrogens is 1. The maximum Gasteiger partial charge on any atom is 0.273 e. The smallest absolute Gasteiger partial charge is 0.273 e. The lowest BCUT2D eigenvalue weighted by Gasteiger charge is -2.31. The molecule has 2 aromatic heterocycles. The number of aromatic amines is 1. The molecule has 0 aliphatic carbocycles. The number of carbonyl (C=O) groups excluding carboxylic acids is 1. The monoisotopic (exact) mass is 369 g/mol. The Balaban J connectivity index is 1.49. The lowest BCUT2D eigenvalue weighted by Crippen LogP contribution is -2.39. The van der Waals surface area contributed by atoms with E-state index in [0.717, 1.165) is 47.8 Å². The minimum atomic E-state index is 0.0343. The molecule has 0 spiro atoms. The lowest BCUT2D eigenvalue weighted by molar-refractivity contribution is 0.0699. The Morgan fingerprint density at radius 1 is 1.35 bits per heavy atom. The Kier molecular flexibility index (Phi) is 4.74. The standard InChI is InChI=1S/C19H23N5OS/c1-23(2)11-17-20-16(12-26-17)19(25)24-9-5-6-13(10-24)18-21-14-7-3-4-8-15(14)22-18/h3-4,7-8,12-13H,5-6,9-11H2,1-2H3,(H,21,22). The van der Waals surface area contributed by atoms with E-state index in [4.69, 9.17) is 4.98 Å². The zero-order chi connectivity index (χ0) is 18.1. The third-order valence-corrected chi connectivity index (χ3v) is 5.56. The largest absolute Gasteiger partial charge is 0.342 e. The summed E-state index contributed by atoms with van der Waals surface area (Å²) < 4.78 is 0. The van der Waals surface area contributed by atoms with Gasteiger partial charge >= 0.3 is 0 Å². The van der Waals surface area contributed by atoms with Crippen molar-refractivity contribution in [2.75, 3.05) is 27.2 Å². The van der Waals surface area contributed by atoms with Gasteiger partial charge in [0.1, 0.15) is 16.5 Å². The molecule has 0 radical (unpaired) electrons. The first-order chi connectivity index (χ1) is 12.6. The summed E-state index contributed by atoms with van der Waals surface area (Å²) in [5.41, 5.74) is 2.61. The van der Waals surface area contributed by atoms with Crippen molar-refractivity contribution in [2.45, 2.75) is 25.3 Å². The van der Waals surface area contributed by atoms with Gasteiger partial charge in [0.2, 0.25) is 0 Å². The van der Waals surface area contributed by atoms with Crippen LogP contribution in [0.1, 0.15) is 40.1 Å². The number of thiazole rings is 1. The second-order valence-electron chi connectivity index (χ2n) is 7.09. The maximum atomic E-state index is 12.9. The van der Waals surface area contributed by atoms with Crippen molar-refractivity contribution in [3.63, 3.8) is 0 Å². The summed E-state index contributed by atoms with van der Waals surface area (Å²) in [6.45, 7) is 2.24. The maximum absolute atomic E-state index is 12.9. The van der Waals surface area contributed by atoms with Gasteiger partial charge in [-0.15, -0.1) is 11.3 Å². The van der Waals surface area contributed by atoms with Gasteiger partial charge in [-0.25, -0.2) is 9.97 Å². The van der Waals surface area contributed by atoms with Gasteiger partial charge in [-0.3, -0.25) is 4.79 Å². The average molecular weight is 369 g/mol. The van der Waals surface area contributed by atoms with Crippen LogP contribution in [0.25, 0.3) is 11.0 Å². The molecule has 7 heteroatoms. The molecule has 3 aromatic rings. The Morgan fingerprint density at radius 3 is 3.00 bits per heavy atom. The summed E-state index contributed by atoms with van der Waals surface area (Å²) in [4.78, 5) is 29.5. The average Bonchev–Trinajstić information content (AvgIpc) is 3.27. The first kappa shape index (κ1) is 17.2. The number of piperidine rings is 1. The zero-order valence-corrected chi connectivity index (χ0v) is 15.9. The van der Waals surface area contributed by atoms with Crippen molar-refractivity contribution in [1.29, 1.82) is 0 Å². The summed E-state index contributed by atoms with van der Waals surface area (Å²) in [6.07, 6.45) is 2.04. The number of imidazole rings is 1. The zero-order valence-electron chi connectivity index (χ0n) is 15.1. The molecule has 0 bridgehead atoms. The van der Waals surface area contributed by atoms with E-state index in [-0.39, 0.29) is 11.8 Å². The van der Waals surface area contributed by atoms with Gasteiger partial charge in [0.15, 0.2) is 0 Å². The molecule has 26 heavy (non-hydrogen) atoms. The van der Waals surface area contributed by atoms with E-state index in [2.05, 4.69) is 14.9 Å². The van der Waals surface area contributed by atoms with Crippen molar-refractivity contribution in [3.05, 3.63) is 46.2 Å².